The van der Waals surface area contributed by atoms with Crippen LogP contribution in [-0.2, 0) is 0 Å². The number of benzene rings is 1. The summed E-state index contributed by atoms with van der Waals surface area (Å²) in [5.41, 5.74) is 0.924. The molecule has 0 aliphatic heterocycles. The Morgan fingerprint density at radius 3 is 2.56 bits per heavy atom. The summed E-state index contributed by atoms with van der Waals surface area (Å²) in [5.74, 6) is 1.61. The Morgan fingerprint density at radius 1 is 1.06 bits per heavy atom. The molecule has 0 bridgehead atoms. The van der Waals surface area contributed by atoms with Crippen LogP contribution in [0.3, 0.4) is 0 Å². The van der Waals surface area contributed by atoms with Crippen LogP contribution in [0.4, 0.5) is 17.3 Å². The zero-order chi connectivity index (χ0) is 11.4. The van der Waals surface area contributed by atoms with E-state index in [2.05, 4.69) is 15.6 Å². The Hall–Kier alpha value is -1.74. The molecule has 3 nitrogen and oxygen atoms in total. The first-order valence-corrected chi connectivity index (χ1v) is 5.33. The van der Waals surface area contributed by atoms with Crippen LogP contribution in [0.1, 0.15) is 0 Å². The van der Waals surface area contributed by atoms with E-state index >= 15 is 0 Å². The van der Waals surface area contributed by atoms with Gasteiger partial charge in [-0.1, -0.05) is 23.7 Å². The fourth-order valence-electron chi connectivity index (χ4n) is 1.36. The molecule has 0 aliphatic carbocycles. The molecule has 82 valence electrons. The van der Waals surface area contributed by atoms with Crippen molar-refractivity contribution in [2.24, 2.45) is 0 Å². The minimum absolute atomic E-state index is 0.703. The number of rotatable bonds is 3. The van der Waals surface area contributed by atoms with Crippen molar-refractivity contribution < 1.29 is 0 Å². The largest absolute Gasteiger partial charge is 0.373 e. The number of anilines is 3. The van der Waals surface area contributed by atoms with Gasteiger partial charge in [0.25, 0.3) is 0 Å². The standard InChI is InChI=1S/C12H12ClN3/c1-14-11-6-3-7-12(16-11)15-10-5-2-4-9(13)8-10/h2-8H,1H3,(H2,14,15,16). The predicted octanol–water partition coefficient (Wildman–Crippen LogP) is 3.52. The highest BCUT2D eigenvalue weighted by molar-refractivity contribution is 6.30. The number of hydrogen-bond donors (Lipinski definition) is 2. The lowest BCUT2D eigenvalue weighted by atomic mass is 10.3. The summed E-state index contributed by atoms with van der Waals surface area (Å²) >= 11 is 5.90. The monoisotopic (exact) mass is 233 g/mol. The highest BCUT2D eigenvalue weighted by Crippen LogP contribution is 2.19. The number of halogens is 1. The Kier molecular flexibility index (Phi) is 3.27. The number of aromatic nitrogens is 1. The van der Waals surface area contributed by atoms with Crippen LogP contribution in [-0.4, -0.2) is 12.0 Å². The molecule has 0 atom stereocenters. The molecule has 2 N–H and O–H groups in total. The van der Waals surface area contributed by atoms with E-state index in [0.29, 0.717) is 5.02 Å². The van der Waals surface area contributed by atoms with E-state index in [0.717, 1.165) is 17.3 Å². The summed E-state index contributed by atoms with van der Waals surface area (Å²) in [6.45, 7) is 0. The first-order valence-electron chi connectivity index (χ1n) is 4.95. The smallest absolute Gasteiger partial charge is 0.132 e. The third-order valence-corrected chi connectivity index (χ3v) is 2.34. The molecular formula is C12H12ClN3. The molecule has 0 amide bonds. The number of pyridine rings is 1. The molecule has 4 heteroatoms. The zero-order valence-corrected chi connectivity index (χ0v) is 9.62. The molecule has 1 aromatic heterocycles. The molecule has 0 fully saturated rings. The average Bonchev–Trinajstić information content (AvgIpc) is 2.29. The first-order chi connectivity index (χ1) is 7.78. The molecule has 16 heavy (non-hydrogen) atoms. The quantitative estimate of drug-likeness (QED) is 0.852. The summed E-state index contributed by atoms with van der Waals surface area (Å²) in [6.07, 6.45) is 0. The van der Waals surface area contributed by atoms with E-state index in [9.17, 15) is 0 Å². The number of hydrogen-bond acceptors (Lipinski definition) is 3. The molecule has 1 heterocycles. The van der Waals surface area contributed by atoms with Gasteiger partial charge in [-0.25, -0.2) is 4.98 Å². The van der Waals surface area contributed by atoms with Gasteiger partial charge in [-0.05, 0) is 30.3 Å². The topological polar surface area (TPSA) is 37.0 Å². The van der Waals surface area contributed by atoms with Gasteiger partial charge in [-0.3, -0.25) is 0 Å². The molecule has 0 aliphatic rings. The van der Waals surface area contributed by atoms with Crippen LogP contribution in [0.15, 0.2) is 42.5 Å². The summed E-state index contributed by atoms with van der Waals surface area (Å²) < 4.78 is 0. The van der Waals surface area contributed by atoms with Crippen LogP contribution in [0.5, 0.6) is 0 Å². The van der Waals surface area contributed by atoms with Crippen molar-refractivity contribution >= 4 is 28.9 Å². The van der Waals surface area contributed by atoms with Gasteiger partial charge in [0, 0.05) is 17.8 Å². The van der Waals surface area contributed by atoms with Gasteiger partial charge < -0.3 is 10.6 Å². The van der Waals surface area contributed by atoms with E-state index in [1.165, 1.54) is 0 Å². The molecule has 0 spiro atoms. The Bertz CT molecular complexity index is 485. The molecule has 2 aromatic rings. The molecule has 0 radical (unpaired) electrons. The van der Waals surface area contributed by atoms with Crippen molar-refractivity contribution in [3.63, 3.8) is 0 Å². The second kappa shape index (κ2) is 4.86. The maximum Gasteiger partial charge on any atom is 0.132 e. The predicted molar refractivity (Wildman–Crippen MR) is 68.5 cm³/mol. The summed E-state index contributed by atoms with van der Waals surface area (Å²) in [4.78, 5) is 4.35. The van der Waals surface area contributed by atoms with Crippen molar-refractivity contribution in [3.8, 4) is 0 Å². The maximum atomic E-state index is 5.90. The van der Waals surface area contributed by atoms with E-state index in [1.807, 2.05) is 49.5 Å². The summed E-state index contributed by atoms with van der Waals surface area (Å²) in [6, 6.07) is 13.3. The lowest BCUT2D eigenvalue weighted by Crippen LogP contribution is -1.97. The summed E-state index contributed by atoms with van der Waals surface area (Å²) in [7, 11) is 1.84. The van der Waals surface area contributed by atoms with Gasteiger partial charge in [-0.15, -0.1) is 0 Å². The fourth-order valence-corrected chi connectivity index (χ4v) is 1.55. The SMILES string of the molecule is CNc1cccc(Nc2cccc(Cl)c2)n1. The van der Waals surface area contributed by atoms with Crippen molar-refractivity contribution in [3.05, 3.63) is 47.5 Å². The van der Waals surface area contributed by atoms with Gasteiger partial charge in [0.2, 0.25) is 0 Å². The minimum atomic E-state index is 0.703. The van der Waals surface area contributed by atoms with E-state index in [1.54, 1.807) is 0 Å². The van der Waals surface area contributed by atoms with Crippen molar-refractivity contribution in [2.45, 2.75) is 0 Å². The van der Waals surface area contributed by atoms with Gasteiger partial charge in [0.1, 0.15) is 11.6 Å². The van der Waals surface area contributed by atoms with Crippen molar-refractivity contribution in [2.75, 3.05) is 17.7 Å². The second-order valence-electron chi connectivity index (χ2n) is 3.29. The van der Waals surface area contributed by atoms with Gasteiger partial charge >= 0.3 is 0 Å². The molecular weight excluding hydrogens is 222 g/mol. The fraction of sp³-hybridized carbons (Fsp3) is 0.0833. The van der Waals surface area contributed by atoms with E-state index in [-0.39, 0.29) is 0 Å². The van der Waals surface area contributed by atoms with Crippen molar-refractivity contribution in [1.29, 1.82) is 0 Å². The lowest BCUT2D eigenvalue weighted by molar-refractivity contribution is 1.28. The average molecular weight is 234 g/mol. The molecule has 0 unspecified atom stereocenters. The second-order valence-corrected chi connectivity index (χ2v) is 3.73. The van der Waals surface area contributed by atoms with E-state index < -0.39 is 0 Å². The number of nitrogens with zero attached hydrogens (tertiary/aromatic N) is 1. The van der Waals surface area contributed by atoms with Crippen LogP contribution in [0.25, 0.3) is 0 Å². The van der Waals surface area contributed by atoms with Crippen LogP contribution < -0.4 is 10.6 Å². The third-order valence-electron chi connectivity index (χ3n) is 2.10. The normalized spacial score (nSPS) is 9.88. The van der Waals surface area contributed by atoms with Crippen LogP contribution >= 0.6 is 11.6 Å². The lowest BCUT2D eigenvalue weighted by Gasteiger charge is -2.07. The minimum Gasteiger partial charge on any atom is -0.373 e. The zero-order valence-electron chi connectivity index (χ0n) is 8.87. The first kappa shape index (κ1) is 10.8. The Morgan fingerprint density at radius 2 is 1.81 bits per heavy atom. The van der Waals surface area contributed by atoms with Crippen molar-refractivity contribution in [1.82, 2.24) is 4.98 Å². The van der Waals surface area contributed by atoms with Gasteiger partial charge in [0.05, 0.1) is 0 Å². The van der Waals surface area contributed by atoms with Crippen LogP contribution in [0, 0.1) is 0 Å². The maximum absolute atomic E-state index is 5.90. The summed E-state index contributed by atoms with van der Waals surface area (Å²) in [5, 5.41) is 6.87. The highest BCUT2D eigenvalue weighted by atomic mass is 35.5. The van der Waals surface area contributed by atoms with Gasteiger partial charge in [0.15, 0.2) is 0 Å². The Labute approximate surface area is 99.5 Å². The number of nitrogens with one attached hydrogen (secondary N) is 2. The molecule has 1 aromatic carbocycles. The molecule has 0 saturated carbocycles. The van der Waals surface area contributed by atoms with Crippen LogP contribution in [0.2, 0.25) is 5.02 Å². The van der Waals surface area contributed by atoms with Gasteiger partial charge in [-0.2, -0.15) is 0 Å². The molecule has 2 rings (SSSR count). The third kappa shape index (κ3) is 2.64. The Balaban J connectivity index is 2.20. The highest BCUT2D eigenvalue weighted by Gasteiger charge is 1.97. The van der Waals surface area contributed by atoms with E-state index in [4.69, 9.17) is 11.6 Å². The molecule has 0 saturated heterocycles.